The van der Waals surface area contributed by atoms with Crippen LogP contribution >= 0.6 is 22.9 Å². The second-order valence-corrected chi connectivity index (χ2v) is 6.67. The van der Waals surface area contributed by atoms with E-state index in [9.17, 15) is 9.59 Å². The topological polar surface area (TPSA) is 59.5 Å². The summed E-state index contributed by atoms with van der Waals surface area (Å²) < 4.78 is 4.65. The fourth-order valence-electron chi connectivity index (χ4n) is 2.27. The van der Waals surface area contributed by atoms with Gasteiger partial charge in [-0.25, -0.2) is 9.78 Å². The standard InChI is InChI=1S/C16H15ClN2O3S/c1-22-16(21)13-9-23-14(18-13)8-19(12-5-6-12)15(20)10-3-2-4-11(17)7-10/h2-4,7,9,12H,5-6,8H2,1H3. The zero-order valence-corrected chi connectivity index (χ0v) is 14.1. The Labute approximate surface area is 142 Å². The summed E-state index contributed by atoms with van der Waals surface area (Å²) in [5.41, 5.74) is 0.840. The van der Waals surface area contributed by atoms with Crippen LogP contribution in [0.2, 0.25) is 5.02 Å². The smallest absolute Gasteiger partial charge is 0.357 e. The fraction of sp³-hybridized carbons (Fsp3) is 0.312. The van der Waals surface area contributed by atoms with Gasteiger partial charge in [0.1, 0.15) is 5.01 Å². The molecule has 7 heteroatoms. The average Bonchev–Trinajstić information content (AvgIpc) is 3.29. The number of amides is 1. The monoisotopic (exact) mass is 350 g/mol. The molecule has 0 radical (unpaired) electrons. The summed E-state index contributed by atoms with van der Waals surface area (Å²) >= 11 is 7.32. The van der Waals surface area contributed by atoms with Gasteiger partial charge in [-0.1, -0.05) is 17.7 Å². The molecule has 1 saturated carbocycles. The maximum Gasteiger partial charge on any atom is 0.357 e. The number of methoxy groups -OCH3 is 1. The number of ether oxygens (including phenoxy) is 1. The normalized spacial score (nSPS) is 13.7. The van der Waals surface area contributed by atoms with Gasteiger partial charge in [0.25, 0.3) is 5.91 Å². The first-order valence-electron chi connectivity index (χ1n) is 7.17. The second kappa shape index (κ2) is 6.68. The van der Waals surface area contributed by atoms with Crippen molar-refractivity contribution in [2.24, 2.45) is 0 Å². The molecule has 0 bridgehead atoms. The summed E-state index contributed by atoms with van der Waals surface area (Å²) in [6.07, 6.45) is 1.98. The molecule has 1 aromatic heterocycles. The number of halogens is 1. The minimum absolute atomic E-state index is 0.0650. The molecular weight excluding hydrogens is 336 g/mol. The molecule has 1 aliphatic rings. The summed E-state index contributed by atoms with van der Waals surface area (Å²) in [6.45, 7) is 0.387. The molecule has 0 unspecified atom stereocenters. The van der Waals surface area contributed by atoms with Gasteiger partial charge in [0.05, 0.1) is 13.7 Å². The molecule has 1 heterocycles. The largest absolute Gasteiger partial charge is 0.464 e. The molecule has 120 valence electrons. The van der Waals surface area contributed by atoms with Crippen LogP contribution in [-0.2, 0) is 11.3 Å². The Morgan fingerprint density at radius 3 is 2.87 bits per heavy atom. The summed E-state index contributed by atoms with van der Waals surface area (Å²) in [5, 5.41) is 2.90. The number of hydrogen-bond acceptors (Lipinski definition) is 5. The van der Waals surface area contributed by atoms with Crippen molar-refractivity contribution in [3.05, 3.63) is 50.9 Å². The Morgan fingerprint density at radius 1 is 1.43 bits per heavy atom. The molecule has 2 aromatic rings. The van der Waals surface area contributed by atoms with Gasteiger partial charge in [0.2, 0.25) is 0 Å². The Kier molecular flexibility index (Phi) is 4.63. The van der Waals surface area contributed by atoms with Crippen molar-refractivity contribution in [3.63, 3.8) is 0 Å². The number of carbonyl (C=O) groups is 2. The number of thiazole rings is 1. The molecule has 0 N–H and O–H groups in total. The van der Waals surface area contributed by atoms with Crippen LogP contribution in [0.5, 0.6) is 0 Å². The Morgan fingerprint density at radius 2 is 2.22 bits per heavy atom. The summed E-state index contributed by atoms with van der Waals surface area (Å²) in [4.78, 5) is 30.3. The van der Waals surface area contributed by atoms with Crippen molar-refractivity contribution >= 4 is 34.8 Å². The van der Waals surface area contributed by atoms with Crippen LogP contribution < -0.4 is 0 Å². The number of aromatic nitrogens is 1. The molecular formula is C16H15ClN2O3S. The lowest BCUT2D eigenvalue weighted by molar-refractivity contribution is 0.0594. The van der Waals surface area contributed by atoms with Gasteiger partial charge in [-0.2, -0.15) is 0 Å². The first kappa shape index (κ1) is 16.0. The molecule has 0 atom stereocenters. The highest BCUT2D eigenvalue weighted by Crippen LogP contribution is 2.30. The second-order valence-electron chi connectivity index (χ2n) is 5.29. The Hall–Kier alpha value is -1.92. The molecule has 3 rings (SSSR count). The van der Waals surface area contributed by atoms with E-state index in [-0.39, 0.29) is 17.6 Å². The summed E-state index contributed by atoms with van der Waals surface area (Å²) in [6, 6.07) is 7.15. The minimum atomic E-state index is -0.466. The molecule has 1 fully saturated rings. The molecule has 23 heavy (non-hydrogen) atoms. The van der Waals surface area contributed by atoms with Gasteiger partial charge in [-0.3, -0.25) is 4.79 Å². The van der Waals surface area contributed by atoms with Crippen LogP contribution in [0.3, 0.4) is 0 Å². The first-order chi connectivity index (χ1) is 11.1. The maximum absolute atomic E-state index is 12.7. The number of rotatable bonds is 5. The van der Waals surface area contributed by atoms with Crippen LogP contribution in [0.15, 0.2) is 29.6 Å². The van der Waals surface area contributed by atoms with E-state index in [0.29, 0.717) is 22.1 Å². The van der Waals surface area contributed by atoms with E-state index >= 15 is 0 Å². The third-order valence-corrected chi connectivity index (χ3v) is 4.64. The van der Waals surface area contributed by atoms with Crippen LogP contribution in [-0.4, -0.2) is 34.9 Å². The quantitative estimate of drug-likeness (QED) is 0.775. The Balaban J connectivity index is 1.78. The lowest BCUT2D eigenvalue weighted by Crippen LogP contribution is -2.32. The van der Waals surface area contributed by atoms with Crippen molar-refractivity contribution < 1.29 is 14.3 Å². The summed E-state index contributed by atoms with van der Waals surface area (Å²) in [7, 11) is 1.32. The molecule has 0 aliphatic heterocycles. The highest BCUT2D eigenvalue weighted by molar-refractivity contribution is 7.09. The third kappa shape index (κ3) is 3.71. The third-order valence-electron chi connectivity index (χ3n) is 3.57. The van der Waals surface area contributed by atoms with Gasteiger partial charge >= 0.3 is 5.97 Å². The maximum atomic E-state index is 12.7. The highest BCUT2D eigenvalue weighted by Gasteiger charge is 2.33. The minimum Gasteiger partial charge on any atom is -0.464 e. The number of hydrogen-bond donors (Lipinski definition) is 0. The summed E-state index contributed by atoms with van der Waals surface area (Å²) in [5.74, 6) is -0.531. The Bertz CT molecular complexity index is 742. The number of esters is 1. The van der Waals surface area contributed by atoms with Crippen LogP contribution in [0.25, 0.3) is 0 Å². The zero-order valence-electron chi connectivity index (χ0n) is 12.5. The van der Waals surface area contributed by atoms with E-state index in [1.165, 1.54) is 18.4 Å². The van der Waals surface area contributed by atoms with Gasteiger partial charge in [0, 0.05) is 22.0 Å². The van der Waals surface area contributed by atoms with Gasteiger partial charge < -0.3 is 9.64 Å². The average molecular weight is 351 g/mol. The number of carbonyl (C=O) groups excluding carboxylic acids is 2. The number of nitrogens with zero attached hydrogens (tertiary/aromatic N) is 2. The van der Waals surface area contributed by atoms with Gasteiger partial charge in [-0.05, 0) is 31.0 Å². The number of benzene rings is 1. The molecule has 1 aliphatic carbocycles. The highest BCUT2D eigenvalue weighted by atomic mass is 35.5. The SMILES string of the molecule is COC(=O)c1csc(CN(C(=O)c2cccc(Cl)c2)C2CC2)n1. The van der Waals surface area contributed by atoms with Crippen molar-refractivity contribution in [1.82, 2.24) is 9.88 Å². The van der Waals surface area contributed by atoms with Crippen molar-refractivity contribution in [2.45, 2.75) is 25.4 Å². The van der Waals surface area contributed by atoms with Crippen molar-refractivity contribution in [3.8, 4) is 0 Å². The predicted octanol–water partition coefficient (Wildman–Crippen LogP) is 3.39. The fourth-order valence-corrected chi connectivity index (χ4v) is 3.22. The first-order valence-corrected chi connectivity index (χ1v) is 8.43. The van der Waals surface area contributed by atoms with E-state index in [0.717, 1.165) is 12.8 Å². The predicted molar refractivity (Wildman–Crippen MR) is 87.8 cm³/mol. The van der Waals surface area contributed by atoms with E-state index in [1.54, 1.807) is 34.5 Å². The lowest BCUT2D eigenvalue weighted by atomic mass is 10.2. The van der Waals surface area contributed by atoms with E-state index in [4.69, 9.17) is 11.6 Å². The van der Waals surface area contributed by atoms with E-state index < -0.39 is 5.97 Å². The van der Waals surface area contributed by atoms with Gasteiger partial charge in [0.15, 0.2) is 5.69 Å². The van der Waals surface area contributed by atoms with E-state index in [1.807, 2.05) is 0 Å². The lowest BCUT2D eigenvalue weighted by Gasteiger charge is -2.21. The van der Waals surface area contributed by atoms with Crippen LogP contribution in [0, 0.1) is 0 Å². The molecule has 1 aromatic carbocycles. The van der Waals surface area contributed by atoms with Crippen molar-refractivity contribution in [1.29, 1.82) is 0 Å². The van der Waals surface area contributed by atoms with Crippen molar-refractivity contribution in [2.75, 3.05) is 7.11 Å². The molecule has 0 saturated heterocycles. The van der Waals surface area contributed by atoms with E-state index in [2.05, 4.69) is 9.72 Å². The van der Waals surface area contributed by atoms with Crippen LogP contribution in [0.4, 0.5) is 0 Å². The molecule has 0 spiro atoms. The van der Waals surface area contributed by atoms with Gasteiger partial charge in [-0.15, -0.1) is 11.3 Å². The molecule has 1 amide bonds. The zero-order chi connectivity index (χ0) is 16.4. The van der Waals surface area contributed by atoms with Crippen LogP contribution in [0.1, 0.15) is 38.7 Å². The molecule has 5 nitrogen and oxygen atoms in total.